The number of morpholine rings is 1. The summed E-state index contributed by atoms with van der Waals surface area (Å²) in [6, 6.07) is 8.71. The van der Waals surface area contributed by atoms with Gasteiger partial charge in [-0.05, 0) is 17.2 Å². The van der Waals surface area contributed by atoms with Crippen molar-refractivity contribution in [3.8, 4) is 0 Å². The quantitative estimate of drug-likeness (QED) is 0.634. The molecule has 0 spiro atoms. The summed E-state index contributed by atoms with van der Waals surface area (Å²) in [7, 11) is 0. The molecule has 0 bridgehead atoms. The Labute approximate surface area is 181 Å². The van der Waals surface area contributed by atoms with Crippen molar-refractivity contribution in [3.05, 3.63) is 58.2 Å². The van der Waals surface area contributed by atoms with Crippen LogP contribution in [0.2, 0.25) is 5.02 Å². The lowest BCUT2D eigenvalue weighted by Gasteiger charge is -2.27. The van der Waals surface area contributed by atoms with Crippen LogP contribution in [0.25, 0.3) is 0 Å². The number of amides is 1. The molecule has 2 heterocycles. The van der Waals surface area contributed by atoms with E-state index in [1.54, 1.807) is 0 Å². The standard InChI is InChI=1S/C20H21ClF3N3O2S/c21-17-9-16(20(22,23)24)11-26-19(17)30-13-18(28)25-10-14-3-1-2-4-15(14)12-27-5-7-29-8-6-27/h1-4,9,11H,5-8,10,12-13H2,(H,25,28). The maximum absolute atomic E-state index is 12.7. The molecule has 30 heavy (non-hydrogen) atoms. The molecule has 1 aliphatic rings. The molecule has 1 saturated heterocycles. The molecule has 5 nitrogen and oxygen atoms in total. The van der Waals surface area contributed by atoms with E-state index in [-0.39, 0.29) is 21.7 Å². The summed E-state index contributed by atoms with van der Waals surface area (Å²) in [5, 5.41) is 2.91. The minimum atomic E-state index is -4.51. The van der Waals surface area contributed by atoms with Gasteiger partial charge >= 0.3 is 6.18 Å². The normalized spacial score (nSPS) is 15.2. The van der Waals surface area contributed by atoms with E-state index in [0.29, 0.717) is 12.7 Å². The van der Waals surface area contributed by atoms with E-state index < -0.39 is 11.7 Å². The van der Waals surface area contributed by atoms with Gasteiger partial charge in [-0.25, -0.2) is 4.98 Å². The molecular weight excluding hydrogens is 439 g/mol. The van der Waals surface area contributed by atoms with Crippen molar-refractivity contribution in [2.75, 3.05) is 32.1 Å². The second-order valence-corrected chi connectivity index (χ2v) is 8.10. The number of alkyl halides is 3. The summed E-state index contributed by atoms with van der Waals surface area (Å²) >= 11 is 6.87. The third-order valence-electron chi connectivity index (χ3n) is 4.57. The minimum Gasteiger partial charge on any atom is -0.379 e. The maximum atomic E-state index is 12.7. The highest BCUT2D eigenvalue weighted by Crippen LogP contribution is 2.33. The van der Waals surface area contributed by atoms with E-state index in [1.807, 2.05) is 24.3 Å². The van der Waals surface area contributed by atoms with Gasteiger partial charge in [-0.2, -0.15) is 13.2 Å². The lowest BCUT2D eigenvalue weighted by Crippen LogP contribution is -2.36. The second-order valence-electron chi connectivity index (χ2n) is 6.73. The summed E-state index contributed by atoms with van der Waals surface area (Å²) in [6.45, 7) is 4.34. The van der Waals surface area contributed by atoms with E-state index in [4.69, 9.17) is 16.3 Å². The Hall–Kier alpha value is -1.81. The summed E-state index contributed by atoms with van der Waals surface area (Å²) < 4.78 is 43.4. The number of pyridine rings is 1. The molecule has 1 fully saturated rings. The van der Waals surface area contributed by atoms with Crippen LogP contribution in [0.3, 0.4) is 0 Å². The Bertz CT molecular complexity index is 877. The third-order valence-corrected chi connectivity index (χ3v) is 5.97. The number of benzene rings is 1. The van der Waals surface area contributed by atoms with Gasteiger partial charge in [-0.15, -0.1) is 0 Å². The minimum absolute atomic E-state index is 0.00369. The molecule has 0 radical (unpaired) electrons. The van der Waals surface area contributed by atoms with Crippen LogP contribution in [0.5, 0.6) is 0 Å². The molecule has 0 unspecified atom stereocenters. The number of hydrogen-bond acceptors (Lipinski definition) is 5. The molecule has 0 atom stereocenters. The predicted octanol–water partition coefficient (Wildman–Crippen LogP) is 3.99. The van der Waals surface area contributed by atoms with Crippen molar-refractivity contribution in [1.82, 2.24) is 15.2 Å². The highest BCUT2D eigenvalue weighted by Gasteiger charge is 2.31. The van der Waals surface area contributed by atoms with Crippen molar-refractivity contribution >= 4 is 29.3 Å². The van der Waals surface area contributed by atoms with Crippen LogP contribution >= 0.6 is 23.4 Å². The summed E-state index contributed by atoms with van der Waals surface area (Å²) in [4.78, 5) is 18.3. The van der Waals surface area contributed by atoms with E-state index in [1.165, 1.54) is 0 Å². The number of carbonyl (C=O) groups is 1. The molecule has 1 amide bonds. The molecular formula is C20H21ClF3N3O2S. The van der Waals surface area contributed by atoms with E-state index in [0.717, 1.165) is 61.8 Å². The van der Waals surface area contributed by atoms with Gasteiger partial charge in [0.05, 0.1) is 29.6 Å². The maximum Gasteiger partial charge on any atom is 0.417 e. The fraction of sp³-hybridized carbons (Fsp3) is 0.400. The molecule has 1 N–H and O–H groups in total. The van der Waals surface area contributed by atoms with Crippen LogP contribution in [0.4, 0.5) is 13.2 Å². The van der Waals surface area contributed by atoms with E-state index in [2.05, 4.69) is 15.2 Å². The number of halogens is 4. The largest absolute Gasteiger partial charge is 0.417 e. The Kier molecular flexibility index (Phi) is 7.99. The zero-order valence-corrected chi connectivity index (χ0v) is 17.6. The van der Waals surface area contributed by atoms with Gasteiger partial charge in [0.2, 0.25) is 5.91 Å². The summed E-state index contributed by atoms with van der Waals surface area (Å²) in [5.74, 6) is -0.247. The first kappa shape index (κ1) is 22.9. The Balaban J connectivity index is 1.52. The summed E-state index contributed by atoms with van der Waals surface area (Å²) in [6.07, 6.45) is -3.79. The molecule has 162 valence electrons. The van der Waals surface area contributed by atoms with Gasteiger partial charge in [-0.3, -0.25) is 9.69 Å². The molecule has 1 aromatic carbocycles. The SMILES string of the molecule is O=C(CSc1ncc(C(F)(F)F)cc1Cl)NCc1ccccc1CN1CCOCC1. The fourth-order valence-electron chi connectivity index (χ4n) is 2.95. The molecule has 1 aliphatic heterocycles. The van der Waals surface area contributed by atoms with Gasteiger partial charge in [-0.1, -0.05) is 47.6 Å². The van der Waals surface area contributed by atoms with Crippen LogP contribution < -0.4 is 5.32 Å². The Morgan fingerprint density at radius 3 is 2.60 bits per heavy atom. The lowest BCUT2D eigenvalue weighted by molar-refractivity contribution is -0.137. The van der Waals surface area contributed by atoms with Crippen molar-refractivity contribution in [3.63, 3.8) is 0 Å². The van der Waals surface area contributed by atoms with E-state index >= 15 is 0 Å². The highest BCUT2D eigenvalue weighted by atomic mass is 35.5. The lowest BCUT2D eigenvalue weighted by atomic mass is 10.1. The number of carbonyl (C=O) groups excluding carboxylic acids is 1. The van der Waals surface area contributed by atoms with Crippen LogP contribution in [-0.4, -0.2) is 47.8 Å². The summed E-state index contributed by atoms with van der Waals surface area (Å²) in [5.41, 5.74) is 1.24. The zero-order chi connectivity index (χ0) is 21.6. The van der Waals surface area contributed by atoms with Crippen molar-refractivity contribution < 1.29 is 22.7 Å². The number of ether oxygens (including phenoxy) is 1. The van der Waals surface area contributed by atoms with Gasteiger partial charge in [0.15, 0.2) is 0 Å². The number of hydrogen-bond donors (Lipinski definition) is 1. The first-order valence-electron chi connectivity index (χ1n) is 9.32. The monoisotopic (exact) mass is 459 g/mol. The van der Waals surface area contributed by atoms with Crippen LogP contribution in [-0.2, 0) is 28.8 Å². The third kappa shape index (κ3) is 6.60. The number of nitrogens with one attached hydrogen (secondary N) is 1. The topological polar surface area (TPSA) is 54.5 Å². The van der Waals surface area contributed by atoms with Crippen molar-refractivity contribution in [1.29, 1.82) is 0 Å². The number of thioether (sulfide) groups is 1. The molecule has 2 aromatic rings. The number of rotatable bonds is 7. The first-order chi connectivity index (χ1) is 14.3. The van der Waals surface area contributed by atoms with Crippen LogP contribution in [0, 0.1) is 0 Å². The molecule has 0 saturated carbocycles. The van der Waals surface area contributed by atoms with Crippen molar-refractivity contribution in [2.45, 2.75) is 24.3 Å². The number of nitrogens with zero attached hydrogens (tertiary/aromatic N) is 2. The second kappa shape index (κ2) is 10.5. The van der Waals surface area contributed by atoms with Gasteiger partial charge in [0, 0.05) is 32.4 Å². The zero-order valence-electron chi connectivity index (χ0n) is 16.0. The van der Waals surface area contributed by atoms with Crippen LogP contribution in [0.15, 0.2) is 41.6 Å². The molecule has 3 rings (SSSR count). The van der Waals surface area contributed by atoms with E-state index in [9.17, 15) is 18.0 Å². The molecule has 1 aromatic heterocycles. The average molecular weight is 460 g/mol. The Morgan fingerprint density at radius 2 is 1.93 bits per heavy atom. The van der Waals surface area contributed by atoms with Crippen LogP contribution in [0.1, 0.15) is 16.7 Å². The fourth-order valence-corrected chi connectivity index (χ4v) is 3.97. The predicted molar refractivity (Wildman–Crippen MR) is 109 cm³/mol. The van der Waals surface area contributed by atoms with Gasteiger partial charge < -0.3 is 10.1 Å². The Morgan fingerprint density at radius 1 is 1.23 bits per heavy atom. The molecule has 10 heteroatoms. The highest BCUT2D eigenvalue weighted by molar-refractivity contribution is 8.00. The molecule has 0 aliphatic carbocycles. The van der Waals surface area contributed by atoms with Crippen molar-refractivity contribution in [2.24, 2.45) is 0 Å². The number of aromatic nitrogens is 1. The van der Waals surface area contributed by atoms with Gasteiger partial charge in [0.1, 0.15) is 5.03 Å². The smallest absolute Gasteiger partial charge is 0.379 e. The average Bonchev–Trinajstić information content (AvgIpc) is 2.72. The van der Waals surface area contributed by atoms with Gasteiger partial charge in [0.25, 0.3) is 0 Å². The first-order valence-corrected chi connectivity index (χ1v) is 10.7.